The SMILES string of the molecule is CCC(C)(CC)NC(=NC)NN. The molecule has 0 aromatic heterocycles. The molecule has 72 valence electrons. The number of nitrogens with two attached hydrogens (primary N) is 1. The van der Waals surface area contributed by atoms with Crippen LogP contribution in [0.1, 0.15) is 33.6 Å². The van der Waals surface area contributed by atoms with E-state index in [9.17, 15) is 0 Å². The van der Waals surface area contributed by atoms with Crippen molar-refractivity contribution in [2.45, 2.75) is 39.2 Å². The molecule has 0 aliphatic rings. The van der Waals surface area contributed by atoms with Crippen molar-refractivity contribution < 1.29 is 0 Å². The first kappa shape index (κ1) is 11.2. The molecule has 0 atom stereocenters. The van der Waals surface area contributed by atoms with E-state index < -0.39 is 0 Å². The van der Waals surface area contributed by atoms with Gasteiger partial charge in [0.2, 0.25) is 5.96 Å². The van der Waals surface area contributed by atoms with Crippen LogP contribution < -0.4 is 16.6 Å². The highest BCUT2D eigenvalue weighted by atomic mass is 15.3. The number of nitrogens with zero attached hydrogens (tertiary/aromatic N) is 1. The van der Waals surface area contributed by atoms with E-state index >= 15 is 0 Å². The van der Waals surface area contributed by atoms with E-state index in [1.165, 1.54) is 0 Å². The van der Waals surface area contributed by atoms with Gasteiger partial charge >= 0.3 is 0 Å². The molecule has 4 nitrogen and oxygen atoms in total. The van der Waals surface area contributed by atoms with Crippen molar-refractivity contribution in [1.29, 1.82) is 0 Å². The molecule has 0 heterocycles. The maximum absolute atomic E-state index is 5.26. The van der Waals surface area contributed by atoms with Crippen molar-refractivity contribution in [2.24, 2.45) is 10.8 Å². The number of hydrogen-bond donors (Lipinski definition) is 3. The summed E-state index contributed by atoms with van der Waals surface area (Å²) in [6.07, 6.45) is 2.09. The number of hydrazine groups is 1. The molecule has 0 aliphatic heterocycles. The van der Waals surface area contributed by atoms with E-state index in [1.807, 2.05) is 0 Å². The molecular formula is C8H20N4. The van der Waals surface area contributed by atoms with Gasteiger partial charge in [-0.1, -0.05) is 13.8 Å². The van der Waals surface area contributed by atoms with Crippen LogP contribution in [0.4, 0.5) is 0 Å². The van der Waals surface area contributed by atoms with Crippen LogP contribution in [0.15, 0.2) is 4.99 Å². The van der Waals surface area contributed by atoms with Gasteiger partial charge in [-0.25, -0.2) is 5.84 Å². The van der Waals surface area contributed by atoms with Crippen LogP contribution in [0.25, 0.3) is 0 Å². The first-order chi connectivity index (χ1) is 5.61. The normalized spacial score (nSPS) is 12.9. The molecule has 0 aliphatic carbocycles. The fourth-order valence-electron chi connectivity index (χ4n) is 0.869. The van der Waals surface area contributed by atoms with Crippen LogP contribution in [-0.4, -0.2) is 18.5 Å². The molecule has 0 saturated heterocycles. The summed E-state index contributed by atoms with van der Waals surface area (Å²) < 4.78 is 0. The summed E-state index contributed by atoms with van der Waals surface area (Å²) in [7, 11) is 1.70. The second-order valence-electron chi connectivity index (χ2n) is 3.11. The monoisotopic (exact) mass is 172 g/mol. The lowest BCUT2D eigenvalue weighted by molar-refractivity contribution is 0.384. The van der Waals surface area contributed by atoms with Gasteiger partial charge in [-0.3, -0.25) is 10.4 Å². The summed E-state index contributed by atoms with van der Waals surface area (Å²) in [6.45, 7) is 6.43. The maximum Gasteiger partial charge on any atom is 0.205 e. The maximum atomic E-state index is 5.26. The molecule has 12 heavy (non-hydrogen) atoms. The zero-order valence-electron chi connectivity index (χ0n) is 8.44. The lowest BCUT2D eigenvalue weighted by Crippen LogP contribution is -2.52. The molecule has 0 bridgehead atoms. The zero-order valence-corrected chi connectivity index (χ0v) is 8.44. The molecule has 0 saturated carbocycles. The first-order valence-corrected chi connectivity index (χ1v) is 4.33. The minimum absolute atomic E-state index is 0.0845. The fraction of sp³-hybridized carbons (Fsp3) is 0.875. The molecule has 0 radical (unpaired) electrons. The summed E-state index contributed by atoms with van der Waals surface area (Å²) in [5.74, 6) is 5.90. The van der Waals surface area contributed by atoms with Crippen LogP contribution in [0.3, 0.4) is 0 Å². The Labute approximate surface area is 74.6 Å². The third-order valence-electron chi connectivity index (χ3n) is 2.34. The Balaban J connectivity index is 4.19. The predicted octanol–water partition coefficient (Wildman–Crippen LogP) is 0.604. The molecule has 0 amide bonds. The van der Waals surface area contributed by atoms with Crippen LogP contribution in [0.5, 0.6) is 0 Å². The molecule has 0 rings (SSSR count). The van der Waals surface area contributed by atoms with Crippen molar-refractivity contribution in [3.8, 4) is 0 Å². The fourth-order valence-corrected chi connectivity index (χ4v) is 0.869. The van der Waals surface area contributed by atoms with Gasteiger partial charge in [-0.05, 0) is 19.8 Å². The first-order valence-electron chi connectivity index (χ1n) is 4.33. The number of rotatable bonds is 3. The number of nitrogens with one attached hydrogen (secondary N) is 2. The quantitative estimate of drug-likeness (QED) is 0.253. The lowest BCUT2D eigenvalue weighted by Gasteiger charge is -2.29. The highest BCUT2D eigenvalue weighted by Gasteiger charge is 2.19. The third kappa shape index (κ3) is 3.09. The van der Waals surface area contributed by atoms with Crippen LogP contribution in [0.2, 0.25) is 0 Å². The summed E-state index contributed by atoms with van der Waals surface area (Å²) in [6, 6.07) is 0. The van der Waals surface area contributed by atoms with Gasteiger partial charge < -0.3 is 5.32 Å². The van der Waals surface area contributed by atoms with Gasteiger partial charge in [0, 0.05) is 12.6 Å². The molecule has 0 aromatic rings. The van der Waals surface area contributed by atoms with Crippen LogP contribution in [0, 0.1) is 0 Å². The summed E-state index contributed by atoms with van der Waals surface area (Å²) in [4.78, 5) is 3.96. The van der Waals surface area contributed by atoms with E-state index in [-0.39, 0.29) is 5.54 Å². The van der Waals surface area contributed by atoms with Crippen molar-refractivity contribution in [3.63, 3.8) is 0 Å². The molecule has 4 heteroatoms. The summed E-state index contributed by atoms with van der Waals surface area (Å²) in [5, 5.41) is 3.24. The van der Waals surface area contributed by atoms with Crippen molar-refractivity contribution >= 4 is 5.96 Å². The van der Waals surface area contributed by atoms with E-state index in [2.05, 4.69) is 36.5 Å². The largest absolute Gasteiger partial charge is 0.350 e. The minimum Gasteiger partial charge on any atom is -0.350 e. The number of hydrogen-bond acceptors (Lipinski definition) is 2. The summed E-state index contributed by atoms with van der Waals surface area (Å²) >= 11 is 0. The van der Waals surface area contributed by atoms with Gasteiger partial charge in [0.05, 0.1) is 0 Å². The Hall–Kier alpha value is -0.770. The van der Waals surface area contributed by atoms with Crippen molar-refractivity contribution in [1.82, 2.24) is 10.7 Å². The average Bonchev–Trinajstić information content (AvgIpc) is 2.14. The van der Waals surface area contributed by atoms with E-state index in [0.29, 0.717) is 5.96 Å². The Morgan fingerprint density at radius 3 is 2.17 bits per heavy atom. The topological polar surface area (TPSA) is 62.4 Å². The Kier molecular flexibility index (Phi) is 4.66. The van der Waals surface area contributed by atoms with Gasteiger partial charge in [-0.2, -0.15) is 0 Å². The minimum atomic E-state index is 0.0845. The second kappa shape index (κ2) is 4.98. The average molecular weight is 172 g/mol. The highest BCUT2D eigenvalue weighted by Crippen LogP contribution is 2.12. The summed E-state index contributed by atoms with van der Waals surface area (Å²) in [5.41, 5.74) is 2.60. The number of guanidine groups is 1. The predicted molar refractivity (Wildman–Crippen MR) is 52.8 cm³/mol. The second-order valence-corrected chi connectivity index (χ2v) is 3.11. The standard InChI is InChI=1S/C8H20N4/c1-5-8(3,6-2)11-7(10-4)12-9/h5-6,9H2,1-4H3,(H2,10,11,12). The lowest BCUT2D eigenvalue weighted by atomic mass is 9.96. The van der Waals surface area contributed by atoms with Gasteiger partial charge in [0.15, 0.2) is 0 Å². The Morgan fingerprint density at radius 1 is 1.42 bits per heavy atom. The van der Waals surface area contributed by atoms with E-state index in [0.717, 1.165) is 12.8 Å². The molecule has 0 fully saturated rings. The van der Waals surface area contributed by atoms with Crippen molar-refractivity contribution in [3.05, 3.63) is 0 Å². The third-order valence-corrected chi connectivity index (χ3v) is 2.34. The van der Waals surface area contributed by atoms with E-state index in [4.69, 9.17) is 5.84 Å². The molecular weight excluding hydrogens is 152 g/mol. The zero-order chi connectivity index (χ0) is 9.61. The van der Waals surface area contributed by atoms with Crippen LogP contribution in [-0.2, 0) is 0 Å². The Morgan fingerprint density at radius 2 is 1.92 bits per heavy atom. The van der Waals surface area contributed by atoms with Gasteiger partial charge in [0.25, 0.3) is 0 Å². The Bertz CT molecular complexity index is 149. The molecule has 0 unspecified atom stereocenters. The van der Waals surface area contributed by atoms with Gasteiger partial charge in [-0.15, -0.1) is 0 Å². The molecule has 0 spiro atoms. The highest BCUT2D eigenvalue weighted by molar-refractivity contribution is 5.79. The number of aliphatic imine (C=N–C) groups is 1. The van der Waals surface area contributed by atoms with Crippen LogP contribution >= 0.6 is 0 Å². The van der Waals surface area contributed by atoms with E-state index in [1.54, 1.807) is 7.05 Å². The smallest absolute Gasteiger partial charge is 0.205 e. The van der Waals surface area contributed by atoms with Crippen molar-refractivity contribution in [2.75, 3.05) is 7.05 Å². The van der Waals surface area contributed by atoms with Gasteiger partial charge in [0.1, 0.15) is 0 Å². The molecule has 0 aromatic carbocycles. The molecule has 4 N–H and O–H groups in total.